The molecule has 0 spiro atoms. The Balaban J connectivity index is 1.52. The van der Waals surface area contributed by atoms with Gasteiger partial charge in [0.1, 0.15) is 5.75 Å². The minimum atomic E-state index is -0.591. The zero-order valence-electron chi connectivity index (χ0n) is 17.3. The van der Waals surface area contributed by atoms with Gasteiger partial charge in [0, 0.05) is 31.2 Å². The highest BCUT2D eigenvalue weighted by Crippen LogP contribution is 2.26. The van der Waals surface area contributed by atoms with E-state index in [4.69, 9.17) is 21.1 Å². The molecule has 5 nitrogen and oxygen atoms in total. The highest BCUT2D eigenvalue weighted by atomic mass is 35.5. The number of nitrogens with one attached hydrogen (secondary N) is 1. The van der Waals surface area contributed by atoms with E-state index in [9.17, 15) is 4.79 Å². The summed E-state index contributed by atoms with van der Waals surface area (Å²) in [7, 11) is 0. The first kappa shape index (κ1) is 21.6. The molecule has 1 amide bonds. The molecule has 29 heavy (non-hydrogen) atoms. The summed E-state index contributed by atoms with van der Waals surface area (Å²) >= 11 is 6.20. The summed E-state index contributed by atoms with van der Waals surface area (Å²) in [6, 6.07) is 12.0. The first-order chi connectivity index (χ1) is 13.9. The van der Waals surface area contributed by atoms with Gasteiger partial charge in [-0.1, -0.05) is 35.9 Å². The molecule has 3 rings (SSSR count). The van der Waals surface area contributed by atoms with E-state index >= 15 is 0 Å². The van der Waals surface area contributed by atoms with E-state index in [0.29, 0.717) is 12.3 Å². The van der Waals surface area contributed by atoms with Crippen LogP contribution >= 0.6 is 11.6 Å². The van der Waals surface area contributed by atoms with Gasteiger partial charge in [0.25, 0.3) is 5.91 Å². The second-order valence-electron chi connectivity index (χ2n) is 7.56. The zero-order chi connectivity index (χ0) is 20.8. The maximum Gasteiger partial charge on any atom is 0.261 e. The van der Waals surface area contributed by atoms with Crippen LogP contribution in [0.4, 0.5) is 0 Å². The van der Waals surface area contributed by atoms with Crippen molar-refractivity contribution in [2.75, 3.05) is 26.3 Å². The van der Waals surface area contributed by atoms with Crippen LogP contribution in [0.3, 0.4) is 0 Å². The molecular formula is C23H29ClN2O3. The number of carbonyl (C=O) groups is 1. The average molecular weight is 417 g/mol. The molecule has 0 bridgehead atoms. The molecule has 2 aromatic carbocycles. The van der Waals surface area contributed by atoms with Crippen molar-refractivity contribution in [1.82, 2.24) is 10.2 Å². The van der Waals surface area contributed by atoms with Gasteiger partial charge in [0.2, 0.25) is 0 Å². The smallest absolute Gasteiger partial charge is 0.261 e. The van der Waals surface area contributed by atoms with Crippen LogP contribution in [-0.2, 0) is 22.6 Å². The molecule has 0 saturated carbocycles. The van der Waals surface area contributed by atoms with Gasteiger partial charge in [-0.15, -0.1) is 0 Å². The molecule has 156 valence electrons. The minimum absolute atomic E-state index is 0.145. The number of amides is 1. The van der Waals surface area contributed by atoms with Gasteiger partial charge >= 0.3 is 0 Å². The van der Waals surface area contributed by atoms with Gasteiger partial charge in [0.15, 0.2) is 6.10 Å². The van der Waals surface area contributed by atoms with E-state index in [1.165, 1.54) is 5.56 Å². The second-order valence-corrected chi connectivity index (χ2v) is 7.94. The van der Waals surface area contributed by atoms with Gasteiger partial charge < -0.3 is 14.8 Å². The SMILES string of the molecule is Cc1cc(O[C@@H](C)C(=O)NCc2cccc(CN3CCOCC3)c2)cc(C)c1Cl. The van der Waals surface area contributed by atoms with Crippen LogP contribution in [-0.4, -0.2) is 43.2 Å². The van der Waals surface area contributed by atoms with Gasteiger partial charge in [-0.3, -0.25) is 9.69 Å². The van der Waals surface area contributed by atoms with Crippen LogP contribution in [0.25, 0.3) is 0 Å². The van der Waals surface area contributed by atoms with Gasteiger partial charge in [-0.25, -0.2) is 0 Å². The van der Waals surface area contributed by atoms with Crippen LogP contribution in [0.15, 0.2) is 36.4 Å². The third kappa shape index (κ3) is 6.20. The van der Waals surface area contributed by atoms with Crippen LogP contribution in [0.2, 0.25) is 5.02 Å². The number of hydrogen-bond acceptors (Lipinski definition) is 4. The van der Waals surface area contributed by atoms with Crippen LogP contribution in [0, 0.1) is 13.8 Å². The Hall–Kier alpha value is -2.08. The molecule has 6 heteroatoms. The minimum Gasteiger partial charge on any atom is -0.481 e. The van der Waals surface area contributed by atoms with Crippen molar-refractivity contribution < 1.29 is 14.3 Å². The van der Waals surface area contributed by atoms with Crippen LogP contribution in [0.1, 0.15) is 29.2 Å². The number of nitrogens with zero attached hydrogens (tertiary/aromatic N) is 1. The third-order valence-corrected chi connectivity index (χ3v) is 5.66. The Morgan fingerprint density at radius 2 is 1.83 bits per heavy atom. The summed E-state index contributed by atoms with van der Waals surface area (Å²) in [5.41, 5.74) is 4.20. The number of ether oxygens (including phenoxy) is 2. The lowest BCUT2D eigenvalue weighted by atomic mass is 10.1. The van der Waals surface area contributed by atoms with Crippen molar-refractivity contribution in [3.8, 4) is 5.75 Å². The van der Waals surface area contributed by atoms with Crippen molar-refractivity contribution in [3.05, 3.63) is 63.7 Å². The maximum atomic E-state index is 12.5. The molecule has 1 aliphatic heterocycles. The Bertz CT molecular complexity index is 827. The molecule has 1 fully saturated rings. The zero-order valence-corrected chi connectivity index (χ0v) is 18.1. The fourth-order valence-electron chi connectivity index (χ4n) is 3.42. The lowest BCUT2D eigenvalue weighted by molar-refractivity contribution is -0.127. The van der Waals surface area contributed by atoms with E-state index in [1.807, 2.05) is 38.1 Å². The molecule has 1 aliphatic rings. The summed E-state index contributed by atoms with van der Waals surface area (Å²) in [4.78, 5) is 14.9. The number of halogens is 1. The molecule has 0 aromatic heterocycles. The molecule has 1 saturated heterocycles. The van der Waals surface area contributed by atoms with Crippen LogP contribution < -0.4 is 10.1 Å². The summed E-state index contributed by atoms with van der Waals surface area (Å²) in [6.07, 6.45) is -0.591. The summed E-state index contributed by atoms with van der Waals surface area (Å²) in [5, 5.41) is 3.69. The lowest BCUT2D eigenvalue weighted by Crippen LogP contribution is -2.36. The fourth-order valence-corrected chi connectivity index (χ4v) is 3.53. The maximum absolute atomic E-state index is 12.5. The van der Waals surface area contributed by atoms with Crippen molar-refractivity contribution in [2.24, 2.45) is 0 Å². The Kier molecular flexibility index (Phi) is 7.53. The predicted molar refractivity (Wildman–Crippen MR) is 115 cm³/mol. The van der Waals surface area contributed by atoms with Crippen molar-refractivity contribution >= 4 is 17.5 Å². The highest BCUT2D eigenvalue weighted by Gasteiger charge is 2.16. The molecule has 1 heterocycles. The number of aryl methyl sites for hydroxylation is 2. The largest absolute Gasteiger partial charge is 0.481 e. The third-order valence-electron chi connectivity index (χ3n) is 5.06. The fraction of sp³-hybridized carbons (Fsp3) is 0.435. The van der Waals surface area contributed by atoms with E-state index in [-0.39, 0.29) is 5.91 Å². The number of morpholine rings is 1. The first-order valence-electron chi connectivity index (χ1n) is 10.0. The topological polar surface area (TPSA) is 50.8 Å². The highest BCUT2D eigenvalue weighted by molar-refractivity contribution is 6.32. The summed E-state index contributed by atoms with van der Waals surface area (Å²) in [6.45, 7) is 10.5. The number of carbonyl (C=O) groups excluding carboxylic acids is 1. The van der Waals surface area contributed by atoms with Crippen LogP contribution in [0.5, 0.6) is 5.75 Å². The van der Waals surface area contributed by atoms with Crippen molar-refractivity contribution in [1.29, 1.82) is 0 Å². The predicted octanol–water partition coefficient (Wildman–Crippen LogP) is 3.87. The molecule has 1 N–H and O–H groups in total. The number of hydrogen-bond donors (Lipinski definition) is 1. The standard InChI is InChI=1S/C23H29ClN2O3/c1-16-11-21(12-17(2)22(16)24)29-18(3)23(27)25-14-19-5-4-6-20(13-19)15-26-7-9-28-10-8-26/h4-6,11-13,18H,7-10,14-15H2,1-3H3,(H,25,27)/t18-/m0/s1. The van der Waals surface area contributed by atoms with E-state index < -0.39 is 6.10 Å². The molecule has 0 aliphatic carbocycles. The van der Waals surface area contributed by atoms with Gasteiger partial charge in [-0.2, -0.15) is 0 Å². The quantitative estimate of drug-likeness (QED) is 0.744. The van der Waals surface area contributed by atoms with Crippen molar-refractivity contribution in [3.63, 3.8) is 0 Å². The van der Waals surface area contributed by atoms with Gasteiger partial charge in [0.05, 0.1) is 13.2 Å². The Morgan fingerprint density at radius 3 is 2.52 bits per heavy atom. The molecular weight excluding hydrogens is 388 g/mol. The number of rotatable bonds is 7. The van der Waals surface area contributed by atoms with Gasteiger partial charge in [-0.05, 0) is 55.2 Å². The normalized spacial score (nSPS) is 15.7. The molecule has 0 radical (unpaired) electrons. The summed E-state index contributed by atoms with van der Waals surface area (Å²) < 4.78 is 11.2. The van der Waals surface area contributed by atoms with Crippen molar-refractivity contribution in [2.45, 2.75) is 40.0 Å². The monoisotopic (exact) mass is 416 g/mol. The van der Waals surface area contributed by atoms with E-state index in [1.54, 1.807) is 6.92 Å². The Labute approximate surface area is 177 Å². The van der Waals surface area contributed by atoms with E-state index in [2.05, 4.69) is 22.3 Å². The first-order valence-corrected chi connectivity index (χ1v) is 10.4. The number of benzene rings is 2. The Morgan fingerprint density at radius 1 is 1.17 bits per heavy atom. The lowest BCUT2D eigenvalue weighted by Gasteiger charge is -2.26. The second kappa shape index (κ2) is 10.1. The molecule has 2 aromatic rings. The van der Waals surface area contributed by atoms with E-state index in [0.717, 1.165) is 54.6 Å². The molecule has 0 unspecified atom stereocenters. The summed E-state index contributed by atoms with van der Waals surface area (Å²) in [5.74, 6) is 0.508. The average Bonchev–Trinajstić information content (AvgIpc) is 2.71. The molecule has 1 atom stereocenters.